The van der Waals surface area contributed by atoms with Gasteiger partial charge in [-0.25, -0.2) is 0 Å². The Morgan fingerprint density at radius 3 is 1.20 bits per heavy atom. The normalized spacial score (nSPS) is 18.8. The van der Waals surface area contributed by atoms with Gasteiger partial charge in [0.1, 0.15) is 0 Å². The fourth-order valence-electron chi connectivity index (χ4n) is 1.83. The molecule has 0 aromatic rings. The minimum absolute atomic E-state index is 0.0229. The molecule has 0 fully saturated rings. The summed E-state index contributed by atoms with van der Waals surface area (Å²) in [6, 6.07) is 0. The zero-order chi connectivity index (χ0) is 12.7. The van der Waals surface area contributed by atoms with Gasteiger partial charge in [0, 0.05) is 6.96 Å². The van der Waals surface area contributed by atoms with Crippen LogP contribution in [0.2, 0.25) is 19.6 Å². The first-order chi connectivity index (χ1) is 6.28. The lowest BCUT2D eigenvalue weighted by Crippen LogP contribution is -2.29. The molecule has 0 aromatic heterocycles. The van der Waals surface area contributed by atoms with Crippen LogP contribution < -0.4 is 0 Å². The van der Waals surface area contributed by atoms with Gasteiger partial charge in [-0.15, -0.1) is 0 Å². The molecule has 0 saturated carbocycles. The van der Waals surface area contributed by atoms with Crippen molar-refractivity contribution in [3.05, 3.63) is 0 Å². The molecule has 0 rings (SSSR count). The monoisotopic (exact) mass is 284 g/mol. The fraction of sp³-hybridized carbons (Fsp3) is 1.00. The van der Waals surface area contributed by atoms with Crippen LogP contribution in [0.15, 0.2) is 0 Å². The summed E-state index contributed by atoms with van der Waals surface area (Å²) in [7, 11) is -1.16. The lowest BCUT2D eigenvalue weighted by molar-refractivity contribution is 0.784. The molecule has 92 valence electrons. The number of halogens is 1. The predicted octanol–water partition coefficient (Wildman–Crippen LogP) is 6.45. The first-order valence-electron chi connectivity index (χ1n) is 5.54. The minimum atomic E-state index is -1.13. The van der Waals surface area contributed by atoms with Crippen molar-refractivity contribution in [3.8, 4) is 0 Å². The summed E-state index contributed by atoms with van der Waals surface area (Å²) in [5, 5.41) is 0.691. The van der Waals surface area contributed by atoms with Gasteiger partial charge >= 0.3 is 0 Å². The van der Waals surface area contributed by atoms with Crippen LogP contribution in [-0.2, 0) is 0 Å². The van der Waals surface area contributed by atoms with Gasteiger partial charge in [0.05, 0.1) is 7.74 Å². The van der Waals surface area contributed by atoms with Crippen LogP contribution in [0.25, 0.3) is 0 Å². The van der Waals surface area contributed by atoms with Crippen LogP contribution in [0, 0.1) is 0 Å². The van der Waals surface area contributed by atoms with Gasteiger partial charge in [0.2, 0.25) is 0 Å². The lowest BCUT2D eigenvalue weighted by atomic mass is 10.3. The van der Waals surface area contributed by atoms with Crippen molar-refractivity contribution in [1.82, 2.24) is 0 Å². The number of hydrogen-bond acceptors (Lipinski definition) is 0. The smallest absolute Gasteiger partial charge is 0.0792 e. The molecule has 0 N–H and O–H groups in total. The van der Waals surface area contributed by atoms with E-state index in [9.17, 15) is 0 Å². The highest BCUT2D eigenvalue weighted by molar-refractivity contribution is 8.52. The van der Waals surface area contributed by atoms with E-state index in [1.807, 2.05) is 0 Å². The van der Waals surface area contributed by atoms with Crippen LogP contribution in [0.5, 0.6) is 0 Å². The first kappa shape index (κ1) is 16.4. The Hall–Kier alpha value is 1.37. The van der Waals surface area contributed by atoms with E-state index in [-0.39, 0.29) is 19.3 Å². The highest BCUT2D eigenvalue weighted by Gasteiger charge is 2.44. The van der Waals surface area contributed by atoms with E-state index in [0.717, 1.165) is 0 Å². The van der Waals surface area contributed by atoms with Crippen LogP contribution in [0.3, 0.4) is 0 Å². The van der Waals surface area contributed by atoms with Crippen molar-refractivity contribution in [1.29, 1.82) is 0 Å². The minimum Gasteiger partial charge on any atom is -0.0912 e. The maximum Gasteiger partial charge on any atom is 0.0792 e. The SMILES string of the molecule is CC(C)(C)P(Cl)P(C(C)(C)C)[Si](C)(C)C. The summed E-state index contributed by atoms with van der Waals surface area (Å²) >= 11 is 6.82. The van der Waals surface area contributed by atoms with Crippen LogP contribution in [0.1, 0.15) is 41.5 Å². The molecule has 0 aromatic carbocycles. The largest absolute Gasteiger partial charge is 0.0912 e. The quantitative estimate of drug-likeness (QED) is 0.404. The molecule has 0 bridgehead atoms. The van der Waals surface area contributed by atoms with Crippen molar-refractivity contribution in [2.24, 2.45) is 0 Å². The average molecular weight is 285 g/mol. The van der Waals surface area contributed by atoms with Crippen molar-refractivity contribution < 1.29 is 0 Å². The van der Waals surface area contributed by atoms with E-state index in [1.54, 1.807) is 0 Å². The molecule has 4 heteroatoms. The molecular weight excluding hydrogens is 258 g/mol. The Balaban J connectivity index is 5.16. The third kappa shape index (κ3) is 5.03. The lowest BCUT2D eigenvalue weighted by Gasteiger charge is -2.47. The van der Waals surface area contributed by atoms with Crippen molar-refractivity contribution in [3.63, 3.8) is 0 Å². The Bertz CT molecular complexity index is 196. The van der Waals surface area contributed by atoms with E-state index < -0.39 is 7.74 Å². The van der Waals surface area contributed by atoms with Gasteiger partial charge in [0.25, 0.3) is 0 Å². The molecule has 0 saturated heterocycles. The van der Waals surface area contributed by atoms with Gasteiger partial charge in [-0.2, -0.15) is 0 Å². The van der Waals surface area contributed by atoms with E-state index >= 15 is 0 Å². The average Bonchev–Trinajstić information content (AvgIpc) is 1.76. The molecule has 0 aliphatic carbocycles. The van der Waals surface area contributed by atoms with Gasteiger partial charge in [-0.1, -0.05) is 79.6 Å². The predicted molar refractivity (Wildman–Crippen MR) is 82.5 cm³/mol. The van der Waals surface area contributed by atoms with Crippen LogP contribution in [-0.4, -0.2) is 18.1 Å². The molecule has 2 unspecified atom stereocenters. The van der Waals surface area contributed by atoms with E-state index in [4.69, 9.17) is 11.2 Å². The van der Waals surface area contributed by atoms with E-state index in [1.165, 1.54) is 0 Å². The zero-order valence-corrected chi connectivity index (χ0v) is 15.3. The topological polar surface area (TPSA) is 0 Å². The second kappa shape index (κ2) is 4.93. The van der Waals surface area contributed by atoms with Crippen molar-refractivity contribution >= 4 is 33.1 Å². The number of hydrogen-bond donors (Lipinski definition) is 0. The van der Waals surface area contributed by atoms with Crippen LogP contribution in [0.4, 0.5) is 0 Å². The summed E-state index contributed by atoms with van der Waals surface area (Å²) in [5.41, 5.74) is 0. The second-order valence-electron chi connectivity index (χ2n) is 7.08. The summed E-state index contributed by atoms with van der Waals surface area (Å²) in [6.07, 6.45) is 0. The molecule has 0 aliphatic rings. The van der Waals surface area contributed by atoms with Crippen molar-refractivity contribution in [2.45, 2.75) is 71.5 Å². The summed E-state index contributed by atoms with van der Waals surface area (Å²) in [6.45, 7) is 21.1. The summed E-state index contributed by atoms with van der Waals surface area (Å²) in [4.78, 5) is 0. The Morgan fingerprint density at radius 2 is 1.13 bits per heavy atom. The Labute approximate surface area is 105 Å². The summed E-state index contributed by atoms with van der Waals surface area (Å²) in [5.74, 6) is 0. The molecule has 0 aliphatic heterocycles. The molecule has 0 nitrogen and oxygen atoms in total. The first-order valence-corrected chi connectivity index (χ1v) is 14.2. The Kier molecular flexibility index (Phi) is 5.38. The highest BCUT2D eigenvalue weighted by atomic mass is 35.7. The highest BCUT2D eigenvalue weighted by Crippen LogP contribution is 2.85. The van der Waals surface area contributed by atoms with Crippen LogP contribution >= 0.6 is 25.4 Å². The fourth-order valence-corrected chi connectivity index (χ4v) is 32.1. The standard InChI is InChI=1S/C11H27ClP2Si/c1-10(2,3)13(12)14(11(4,5)6)15(7,8)9/h1-9H3. The second-order valence-corrected chi connectivity index (χ2v) is 25.9. The zero-order valence-electron chi connectivity index (χ0n) is 11.8. The molecule has 0 heterocycles. The van der Waals surface area contributed by atoms with Gasteiger partial charge in [-0.3, -0.25) is 0 Å². The van der Waals surface area contributed by atoms with Gasteiger partial charge in [0.15, 0.2) is 0 Å². The van der Waals surface area contributed by atoms with Crippen molar-refractivity contribution in [2.75, 3.05) is 0 Å². The molecular formula is C11H27ClP2Si. The third-order valence-corrected chi connectivity index (χ3v) is 27.7. The maximum absolute atomic E-state index is 6.82. The Morgan fingerprint density at radius 1 is 0.800 bits per heavy atom. The summed E-state index contributed by atoms with van der Waals surface area (Å²) < 4.78 is 0. The molecule has 15 heavy (non-hydrogen) atoms. The maximum atomic E-state index is 6.82. The van der Waals surface area contributed by atoms with Gasteiger partial charge in [-0.05, 0) is 10.3 Å². The molecule has 0 amide bonds. The third-order valence-electron chi connectivity index (χ3n) is 2.00. The molecule has 0 radical (unpaired) electrons. The molecule has 0 spiro atoms. The number of rotatable bonds is 2. The van der Waals surface area contributed by atoms with E-state index in [0.29, 0.717) is 5.16 Å². The van der Waals surface area contributed by atoms with E-state index in [2.05, 4.69) is 61.2 Å². The molecule has 2 atom stereocenters. The van der Waals surface area contributed by atoms with Gasteiger partial charge < -0.3 is 0 Å².